The molecule has 0 saturated carbocycles. The van der Waals surface area contributed by atoms with Gasteiger partial charge in [-0.25, -0.2) is 0 Å². The number of carbonyl (C=O) groups excluding carboxylic acids is 1. The van der Waals surface area contributed by atoms with Crippen LogP contribution in [-0.4, -0.2) is 12.4 Å². The summed E-state index contributed by atoms with van der Waals surface area (Å²) in [6.07, 6.45) is 2.02. The third-order valence-electron chi connectivity index (χ3n) is 3.89. The highest BCUT2D eigenvalue weighted by atomic mass is 16.5. The smallest absolute Gasteiger partial charge is 0.173 e. The van der Waals surface area contributed by atoms with Crippen LogP contribution in [0.1, 0.15) is 40.7 Å². The number of ketones is 1. The highest BCUT2D eigenvalue weighted by Crippen LogP contribution is 2.32. The molecule has 0 spiro atoms. The van der Waals surface area contributed by atoms with Gasteiger partial charge in [0.1, 0.15) is 5.75 Å². The predicted molar refractivity (Wildman–Crippen MR) is 79.4 cm³/mol. The van der Waals surface area contributed by atoms with Gasteiger partial charge in [-0.3, -0.25) is 4.79 Å². The molecule has 2 aromatic carbocycles. The van der Waals surface area contributed by atoms with Gasteiger partial charge < -0.3 is 4.74 Å². The molecule has 1 atom stereocenters. The summed E-state index contributed by atoms with van der Waals surface area (Å²) in [7, 11) is 0. The second-order valence-electron chi connectivity index (χ2n) is 5.24. The molecule has 0 amide bonds. The minimum absolute atomic E-state index is 0.134. The van der Waals surface area contributed by atoms with Gasteiger partial charge in [0.25, 0.3) is 0 Å². The normalized spacial score (nSPS) is 15.1. The molecule has 3 rings (SSSR count). The molecule has 1 heterocycles. The zero-order valence-electron chi connectivity index (χ0n) is 11.6. The molecule has 2 aromatic rings. The van der Waals surface area contributed by atoms with Crippen molar-refractivity contribution >= 4 is 5.78 Å². The Labute approximate surface area is 119 Å². The van der Waals surface area contributed by atoms with Crippen molar-refractivity contribution < 1.29 is 9.53 Å². The van der Waals surface area contributed by atoms with E-state index in [0.29, 0.717) is 6.61 Å². The van der Waals surface area contributed by atoms with E-state index in [1.807, 2.05) is 49.4 Å². The van der Waals surface area contributed by atoms with Crippen LogP contribution >= 0.6 is 0 Å². The van der Waals surface area contributed by atoms with Gasteiger partial charge in [-0.15, -0.1) is 0 Å². The summed E-state index contributed by atoms with van der Waals surface area (Å²) in [6, 6.07) is 15.8. The Balaban J connectivity index is 1.95. The van der Waals surface area contributed by atoms with E-state index < -0.39 is 0 Å². The lowest BCUT2D eigenvalue weighted by Crippen LogP contribution is -2.16. The van der Waals surface area contributed by atoms with Crippen LogP contribution in [0.3, 0.4) is 0 Å². The average molecular weight is 266 g/mol. The minimum Gasteiger partial charge on any atom is -0.493 e. The lowest BCUT2D eigenvalue weighted by molar-refractivity contribution is 0.0961. The van der Waals surface area contributed by atoms with Crippen LogP contribution in [-0.2, 0) is 6.42 Å². The fraction of sp³-hybridized carbons (Fsp3) is 0.278. The molecule has 102 valence electrons. The zero-order chi connectivity index (χ0) is 13.9. The Bertz CT molecular complexity index is 617. The number of para-hydroxylation sites is 1. The topological polar surface area (TPSA) is 26.3 Å². The number of hydrogen-bond acceptors (Lipinski definition) is 2. The van der Waals surface area contributed by atoms with Crippen LogP contribution in [0, 0.1) is 0 Å². The van der Waals surface area contributed by atoms with E-state index in [9.17, 15) is 4.79 Å². The van der Waals surface area contributed by atoms with E-state index in [-0.39, 0.29) is 11.7 Å². The van der Waals surface area contributed by atoms with Crippen LogP contribution in [0.2, 0.25) is 0 Å². The first-order chi connectivity index (χ1) is 9.77. The van der Waals surface area contributed by atoms with Crippen molar-refractivity contribution in [3.63, 3.8) is 0 Å². The molecule has 0 aliphatic carbocycles. The number of benzene rings is 2. The number of carbonyl (C=O) groups is 1. The molecule has 20 heavy (non-hydrogen) atoms. The molecule has 0 aromatic heterocycles. The SMILES string of the molecule is CC(C(=O)c1cccc2c1OCCC2)c1ccccc1. The van der Waals surface area contributed by atoms with Crippen molar-refractivity contribution in [2.24, 2.45) is 0 Å². The van der Waals surface area contributed by atoms with E-state index in [2.05, 4.69) is 6.07 Å². The summed E-state index contributed by atoms with van der Waals surface area (Å²) in [4.78, 5) is 12.7. The summed E-state index contributed by atoms with van der Waals surface area (Å²) in [6.45, 7) is 2.66. The number of aryl methyl sites for hydroxylation is 1. The van der Waals surface area contributed by atoms with Gasteiger partial charge in [0, 0.05) is 5.92 Å². The molecular weight excluding hydrogens is 248 g/mol. The van der Waals surface area contributed by atoms with Crippen molar-refractivity contribution in [2.45, 2.75) is 25.7 Å². The first-order valence-corrected chi connectivity index (χ1v) is 7.11. The first kappa shape index (κ1) is 12.9. The maximum atomic E-state index is 12.7. The van der Waals surface area contributed by atoms with Gasteiger partial charge >= 0.3 is 0 Å². The van der Waals surface area contributed by atoms with Gasteiger partial charge in [-0.1, -0.05) is 49.4 Å². The molecule has 0 N–H and O–H groups in total. The molecule has 0 saturated heterocycles. The van der Waals surface area contributed by atoms with Gasteiger partial charge in [0.15, 0.2) is 5.78 Å². The molecule has 1 unspecified atom stereocenters. The monoisotopic (exact) mass is 266 g/mol. The summed E-state index contributed by atoms with van der Waals surface area (Å²) < 4.78 is 5.74. The van der Waals surface area contributed by atoms with Crippen molar-refractivity contribution in [1.29, 1.82) is 0 Å². The van der Waals surface area contributed by atoms with Gasteiger partial charge in [0.05, 0.1) is 12.2 Å². The van der Waals surface area contributed by atoms with Gasteiger partial charge in [-0.05, 0) is 30.0 Å². The summed E-state index contributed by atoms with van der Waals surface area (Å²) in [5.41, 5.74) is 2.92. The Morgan fingerprint density at radius 2 is 1.90 bits per heavy atom. The van der Waals surface area contributed by atoms with Crippen LogP contribution in [0.4, 0.5) is 0 Å². The molecule has 1 aliphatic rings. The fourth-order valence-corrected chi connectivity index (χ4v) is 2.71. The second kappa shape index (κ2) is 5.49. The molecule has 0 radical (unpaired) electrons. The number of fused-ring (bicyclic) bond motifs is 1. The van der Waals surface area contributed by atoms with Crippen molar-refractivity contribution in [3.8, 4) is 5.75 Å². The number of ether oxygens (including phenoxy) is 1. The first-order valence-electron chi connectivity index (χ1n) is 7.11. The maximum Gasteiger partial charge on any atom is 0.173 e. The minimum atomic E-state index is -0.145. The van der Waals surface area contributed by atoms with E-state index in [1.165, 1.54) is 0 Å². The van der Waals surface area contributed by atoms with Crippen molar-refractivity contribution in [1.82, 2.24) is 0 Å². The van der Waals surface area contributed by atoms with E-state index in [1.54, 1.807) is 0 Å². The van der Waals surface area contributed by atoms with Crippen molar-refractivity contribution in [2.75, 3.05) is 6.61 Å². The zero-order valence-corrected chi connectivity index (χ0v) is 11.6. The van der Waals surface area contributed by atoms with Crippen LogP contribution in [0.25, 0.3) is 0 Å². The number of Topliss-reactive ketones (excluding diaryl/α,β-unsaturated/α-hetero) is 1. The quantitative estimate of drug-likeness (QED) is 0.785. The second-order valence-corrected chi connectivity index (χ2v) is 5.24. The largest absolute Gasteiger partial charge is 0.493 e. The van der Waals surface area contributed by atoms with Crippen LogP contribution in [0.15, 0.2) is 48.5 Å². The van der Waals surface area contributed by atoms with Crippen LogP contribution < -0.4 is 4.74 Å². The summed E-state index contributed by atoms with van der Waals surface area (Å²) in [5, 5.41) is 0. The molecule has 1 aliphatic heterocycles. The highest BCUT2D eigenvalue weighted by Gasteiger charge is 2.23. The Morgan fingerprint density at radius 1 is 1.10 bits per heavy atom. The molecule has 0 fully saturated rings. The third kappa shape index (κ3) is 2.34. The van der Waals surface area contributed by atoms with Gasteiger partial charge in [0.2, 0.25) is 0 Å². The Kier molecular flexibility index (Phi) is 3.55. The molecule has 2 nitrogen and oxygen atoms in total. The van der Waals surface area contributed by atoms with Gasteiger partial charge in [-0.2, -0.15) is 0 Å². The molecule has 0 bridgehead atoms. The summed E-state index contributed by atoms with van der Waals surface area (Å²) >= 11 is 0. The van der Waals surface area contributed by atoms with E-state index in [0.717, 1.165) is 35.3 Å². The Hall–Kier alpha value is -2.09. The van der Waals surface area contributed by atoms with E-state index in [4.69, 9.17) is 4.74 Å². The fourth-order valence-electron chi connectivity index (χ4n) is 2.71. The maximum absolute atomic E-state index is 12.7. The standard InChI is InChI=1S/C18H18O2/c1-13(14-7-3-2-4-8-14)17(19)16-11-5-9-15-10-6-12-20-18(15)16/h2-5,7-9,11,13H,6,10,12H2,1H3. The van der Waals surface area contributed by atoms with Crippen LogP contribution in [0.5, 0.6) is 5.75 Å². The Morgan fingerprint density at radius 3 is 2.70 bits per heavy atom. The van der Waals surface area contributed by atoms with E-state index >= 15 is 0 Å². The summed E-state index contributed by atoms with van der Waals surface area (Å²) in [5.74, 6) is 0.787. The average Bonchev–Trinajstić information content (AvgIpc) is 2.54. The number of hydrogen-bond donors (Lipinski definition) is 0. The lowest BCUT2D eigenvalue weighted by atomic mass is 9.90. The number of rotatable bonds is 3. The lowest BCUT2D eigenvalue weighted by Gasteiger charge is -2.21. The highest BCUT2D eigenvalue weighted by molar-refractivity contribution is 6.03. The van der Waals surface area contributed by atoms with Crippen molar-refractivity contribution in [3.05, 3.63) is 65.2 Å². The predicted octanol–water partition coefficient (Wildman–Crippen LogP) is 4.00. The third-order valence-corrected chi connectivity index (χ3v) is 3.89. The molecular formula is C18H18O2. The molecule has 2 heteroatoms.